The van der Waals surface area contributed by atoms with Gasteiger partial charge >= 0.3 is 24.1 Å². The Balaban J connectivity index is 0.000000156. The normalized spacial score (nSPS) is 15.9. The number of nitrogens with two attached hydrogens (primary N) is 1. The van der Waals surface area contributed by atoms with E-state index in [-0.39, 0.29) is 62.0 Å². The van der Waals surface area contributed by atoms with E-state index in [9.17, 15) is 24.3 Å². The number of nitrogens with one attached hydrogen (secondary N) is 2. The molecule has 0 bridgehead atoms. The van der Waals surface area contributed by atoms with Crippen LogP contribution in [0.3, 0.4) is 0 Å². The lowest BCUT2D eigenvalue weighted by atomic mass is 10.1. The molecule has 0 radical (unpaired) electrons. The summed E-state index contributed by atoms with van der Waals surface area (Å²) < 4.78 is 67.5. The van der Waals surface area contributed by atoms with Crippen molar-refractivity contribution in [2.45, 2.75) is 115 Å². The summed E-state index contributed by atoms with van der Waals surface area (Å²) in [7, 11) is 0. The van der Waals surface area contributed by atoms with Crippen molar-refractivity contribution in [3.05, 3.63) is 216 Å². The van der Waals surface area contributed by atoms with E-state index in [1.165, 1.54) is 0 Å². The van der Waals surface area contributed by atoms with E-state index < -0.39 is 53.5 Å². The van der Waals surface area contributed by atoms with Crippen molar-refractivity contribution >= 4 is 24.1 Å². The van der Waals surface area contributed by atoms with Crippen LogP contribution >= 0.6 is 0 Å². The molecular formula is C74H75N9O18. The molecule has 0 unspecified atom stereocenters. The number of carboxylic acids is 1. The summed E-state index contributed by atoms with van der Waals surface area (Å²) in [5, 5.41) is 35.4. The van der Waals surface area contributed by atoms with Crippen molar-refractivity contribution < 1.29 is 85.6 Å². The third-order valence-electron chi connectivity index (χ3n) is 15.1. The molecule has 2 amide bonds. The highest BCUT2D eigenvalue weighted by molar-refractivity contribution is 5.82. The highest BCUT2D eigenvalue weighted by atomic mass is 16.6. The lowest BCUT2D eigenvalue weighted by Gasteiger charge is -2.26. The molecule has 27 heteroatoms. The van der Waals surface area contributed by atoms with Gasteiger partial charge in [-0.05, 0) is 118 Å². The number of nitrogens with zero attached hydrogens (tertiary/aromatic N) is 6. The third kappa shape index (κ3) is 19.7. The summed E-state index contributed by atoms with van der Waals surface area (Å²) in [6.45, 7) is 11.3. The Morgan fingerprint density at radius 3 is 1.22 bits per heavy atom. The number of alkyl carbamates (subject to hydrolysis) is 2. The summed E-state index contributed by atoms with van der Waals surface area (Å²) in [6.07, 6.45) is -2.38. The van der Waals surface area contributed by atoms with E-state index in [1.54, 1.807) is 41.5 Å². The van der Waals surface area contributed by atoms with Crippen LogP contribution in [-0.4, -0.2) is 121 Å². The minimum Gasteiger partial charge on any atom is -0.485 e. The third-order valence-corrected chi connectivity index (χ3v) is 15.1. The lowest BCUT2D eigenvalue weighted by molar-refractivity contribution is -0.147. The summed E-state index contributed by atoms with van der Waals surface area (Å²) in [5.41, 5.74) is 9.92. The van der Waals surface area contributed by atoms with Crippen molar-refractivity contribution in [2.75, 3.05) is 26.4 Å². The number of ether oxygens (including phenoxy) is 9. The molecule has 6 atom stereocenters. The number of fused-ring (bicyclic) bond motifs is 3. The second kappa shape index (κ2) is 32.2. The van der Waals surface area contributed by atoms with Gasteiger partial charge in [-0.15, -0.1) is 0 Å². The molecule has 6 N–H and O–H groups in total. The number of benzene rings is 7. The SMILES string of the molecule is CC(C)(C)OC(=O)N[C@@H](Cc1nc(-c2cccc([C@@H]3COc4ccccc4O3)c2)no1)C(=O)O.CC(C)(C)OC(=O)N[C@@H](Cc1nc(-c2cccc([C@@H]3COc4ccccc4O3)c2)no1)C(=O)OCc1ccccc1.N[C@H](CO)Cc1nc(-c2cccc([C@@H]3COc4ccccc4O3)c2)no1. The van der Waals surface area contributed by atoms with Gasteiger partial charge in [0.25, 0.3) is 0 Å². The van der Waals surface area contributed by atoms with Crippen LogP contribution in [0.2, 0.25) is 0 Å². The first-order chi connectivity index (χ1) is 48.6. The summed E-state index contributed by atoms with van der Waals surface area (Å²) in [4.78, 5) is 62.2. The van der Waals surface area contributed by atoms with Crippen LogP contribution in [0.5, 0.6) is 34.5 Å². The molecule has 0 spiro atoms. The number of para-hydroxylation sites is 6. The monoisotopic (exact) mass is 1380 g/mol. The van der Waals surface area contributed by atoms with Gasteiger partial charge in [0.2, 0.25) is 35.1 Å². The van der Waals surface area contributed by atoms with Crippen LogP contribution in [-0.2, 0) is 49.7 Å². The van der Waals surface area contributed by atoms with Crippen molar-refractivity contribution in [1.29, 1.82) is 0 Å². The fourth-order valence-corrected chi connectivity index (χ4v) is 10.3. The van der Waals surface area contributed by atoms with Gasteiger partial charge in [0.05, 0.1) is 19.4 Å². The van der Waals surface area contributed by atoms with Crippen LogP contribution < -0.4 is 44.8 Å². The number of carboxylic acid groups (broad SMARTS) is 1. The molecule has 524 valence electrons. The Morgan fingerprint density at radius 1 is 0.485 bits per heavy atom. The zero-order chi connectivity index (χ0) is 71.0. The van der Waals surface area contributed by atoms with Gasteiger partial charge in [-0.1, -0.05) is 137 Å². The van der Waals surface area contributed by atoms with Gasteiger partial charge in [-0.25, -0.2) is 19.2 Å². The molecule has 13 rings (SSSR count). The number of aliphatic carboxylic acids is 1. The predicted octanol–water partition coefficient (Wildman–Crippen LogP) is 11.3. The van der Waals surface area contributed by atoms with Gasteiger partial charge in [0, 0.05) is 29.2 Å². The van der Waals surface area contributed by atoms with E-state index in [1.807, 2.05) is 176 Å². The highest BCUT2D eigenvalue weighted by Gasteiger charge is 2.32. The second-order valence-corrected chi connectivity index (χ2v) is 25.4. The van der Waals surface area contributed by atoms with Crippen LogP contribution in [0.15, 0.2) is 189 Å². The standard InChI is InChI=1S/C31H31N3O7.C24H25N3O7.C19H19N3O4/c1-31(2,3)40-30(36)32-23(29(35)38-18-20-10-5-4-6-11-20)17-27-33-28(34-41-27)22-13-9-12-21(16-22)26-19-37-24-14-7-8-15-25(24)39-26;1-24(2,3)33-23(30)25-16(22(28)29)12-20-26-21(27-34-20)15-8-6-7-14(11-15)19-13-31-17-9-4-5-10-18(17)32-19;20-14(10-23)9-18-21-19(22-26-18)13-5-3-4-12(8-13)17-11-24-15-6-1-2-7-16(15)25-17/h4-16,23,26H,17-19H2,1-3H3,(H,32,36);4-11,16,19H,12-13H2,1-3H3,(H,25,30)(H,28,29);1-8,14,17,23H,9-11,20H2/t23-,26-;16-,19-;14-,17-/m000/s1. The van der Waals surface area contributed by atoms with E-state index in [2.05, 4.69) is 41.1 Å². The van der Waals surface area contributed by atoms with Crippen molar-refractivity contribution in [3.63, 3.8) is 0 Å². The number of carbonyl (C=O) groups excluding carboxylic acids is 3. The van der Waals surface area contributed by atoms with Gasteiger partial charge < -0.3 is 82.8 Å². The fourth-order valence-electron chi connectivity index (χ4n) is 10.3. The largest absolute Gasteiger partial charge is 0.485 e. The summed E-state index contributed by atoms with van der Waals surface area (Å²) in [5.74, 6) is 4.04. The number of rotatable bonds is 19. The molecule has 7 aromatic carbocycles. The first kappa shape index (κ1) is 70.5. The summed E-state index contributed by atoms with van der Waals surface area (Å²) in [6, 6.07) is 51.8. The van der Waals surface area contributed by atoms with Crippen molar-refractivity contribution in [3.8, 4) is 68.7 Å². The summed E-state index contributed by atoms with van der Waals surface area (Å²) >= 11 is 0. The molecular weight excluding hydrogens is 1300 g/mol. The number of carbonyl (C=O) groups is 4. The van der Waals surface area contributed by atoms with Crippen LogP contribution in [0.1, 0.15) is 99.8 Å². The Bertz CT molecular complexity index is 4450. The van der Waals surface area contributed by atoms with E-state index in [0.717, 1.165) is 39.3 Å². The van der Waals surface area contributed by atoms with Gasteiger partial charge in [0.1, 0.15) is 49.7 Å². The average Bonchev–Trinajstić information content (AvgIpc) is 1.81. The topological polar surface area (TPSA) is 359 Å². The number of hydrogen-bond acceptors (Lipinski definition) is 24. The van der Waals surface area contributed by atoms with E-state index in [0.29, 0.717) is 77.9 Å². The van der Waals surface area contributed by atoms with Gasteiger partial charge in [-0.2, -0.15) is 15.0 Å². The Hall–Kier alpha value is -11.8. The molecule has 3 aliphatic heterocycles. The maximum absolute atomic E-state index is 13.0. The Kier molecular flexibility index (Phi) is 22.5. The molecule has 0 fully saturated rings. The predicted molar refractivity (Wildman–Crippen MR) is 361 cm³/mol. The first-order valence-electron chi connectivity index (χ1n) is 32.4. The number of amides is 2. The molecule has 3 aliphatic rings. The highest BCUT2D eigenvalue weighted by Crippen LogP contribution is 2.40. The van der Waals surface area contributed by atoms with Crippen molar-refractivity contribution in [1.82, 2.24) is 41.1 Å². The zero-order valence-electron chi connectivity index (χ0n) is 56.1. The number of aliphatic hydroxyl groups excluding tert-OH is 1. The quantitative estimate of drug-likeness (QED) is 0.0371. The van der Waals surface area contributed by atoms with Crippen LogP contribution in [0, 0.1) is 0 Å². The lowest BCUT2D eigenvalue weighted by Crippen LogP contribution is -2.45. The van der Waals surface area contributed by atoms with Crippen molar-refractivity contribution in [2.24, 2.45) is 5.73 Å². The maximum atomic E-state index is 13.0. The molecule has 3 aromatic heterocycles. The number of hydrogen-bond donors (Lipinski definition) is 5. The number of aromatic nitrogens is 6. The smallest absolute Gasteiger partial charge is 0.408 e. The zero-order valence-corrected chi connectivity index (χ0v) is 56.1. The molecule has 0 saturated carbocycles. The molecule has 0 aliphatic carbocycles. The van der Waals surface area contributed by atoms with Gasteiger partial charge in [0.15, 0.2) is 52.8 Å². The average molecular weight is 1380 g/mol. The minimum absolute atomic E-state index is 0.0471. The molecule has 10 aromatic rings. The van der Waals surface area contributed by atoms with E-state index in [4.69, 9.17) is 67.0 Å². The first-order valence-corrected chi connectivity index (χ1v) is 32.4. The van der Waals surface area contributed by atoms with Crippen LogP contribution in [0.4, 0.5) is 9.59 Å². The number of esters is 1. The Labute approximate surface area is 580 Å². The Morgan fingerprint density at radius 2 is 0.842 bits per heavy atom. The van der Waals surface area contributed by atoms with E-state index >= 15 is 0 Å². The number of aliphatic hydroxyl groups is 1. The van der Waals surface area contributed by atoms with Crippen LogP contribution in [0.25, 0.3) is 34.2 Å². The molecule has 101 heavy (non-hydrogen) atoms. The molecule has 27 nitrogen and oxygen atoms in total. The molecule has 0 saturated heterocycles. The minimum atomic E-state index is -1.29. The molecule has 6 heterocycles. The second-order valence-electron chi connectivity index (χ2n) is 25.4. The maximum Gasteiger partial charge on any atom is 0.408 e. The van der Waals surface area contributed by atoms with Gasteiger partial charge in [-0.3, -0.25) is 0 Å². The fraction of sp³-hybridized carbons (Fsp3) is 0.297.